The smallest absolute Gasteiger partial charge is 0.146 e. The van der Waals surface area contributed by atoms with Crippen molar-refractivity contribution < 1.29 is 13.9 Å². The van der Waals surface area contributed by atoms with Crippen molar-refractivity contribution in [2.45, 2.75) is 38.8 Å². The molecule has 1 aliphatic rings. The lowest BCUT2D eigenvalue weighted by Crippen LogP contribution is -2.38. The number of benzene rings is 1. The number of halogens is 2. The number of nitrogens with zero attached hydrogens (tertiary/aromatic N) is 3. The second-order valence-corrected chi connectivity index (χ2v) is 7.29. The first kappa shape index (κ1) is 20.5. The molecule has 3 rings (SSSR count). The summed E-state index contributed by atoms with van der Waals surface area (Å²) in [5, 5.41) is 26.1. The minimum absolute atomic E-state index is 0.00570. The van der Waals surface area contributed by atoms with Gasteiger partial charge in [-0.25, -0.2) is 18.8 Å². The Morgan fingerprint density at radius 3 is 2.69 bits per heavy atom. The van der Waals surface area contributed by atoms with Crippen LogP contribution in [0.3, 0.4) is 0 Å². The molecule has 0 spiro atoms. The maximum Gasteiger partial charge on any atom is 0.146 e. The molecule has 0 radical (unpaired) electrons. The molecule has 152 valence electrons. The number of nitrogens with one attached hydrogen (secondary N) is 2. The van der Waals surface area contributed by atoms with Gasteiger partial charge in [-0.15, -0.1) is 0 Å². The number of aromatic nitrogens is 2. The fourth-order valence-corrected chi connectivity index (χ4v) is 3.01. The zero-order chi connectivity index (χ0) is 21.3. The molecule has 7 nitrogen and oxygen atoms in total. The van der Waals surface area contributed by atoms with E-state index in [1.54, 1.807) is 0 Å². The fraction of sp³-hybridized carbons (Fsp3) is 0.300. The molecule has 5 N–H and O–H groups in total. The van der Waals surface area contributed by atoms with E-state index in [-0.39, 0.29) is 28.6 Å². The van der Waals surface area contributed by atoms with Crippen molar-refractivity contribution in [1.29, 1.82) is 10.8 Å². The van der Waals surface area contributed by atoms with Crippen LogP contribution in [0.15, 0.2) is 35.3 Å². The molecule has 0 amide bonds. The number of hydrogen-bond acceptors (Lipinski definition) is 4. The minimum Gasteiger partial charge on any atom is -0.385 e. The van der Waals surface area contributed by atoms with Gasteiger partial charge in [0.1, 0.15) is 40.4 Å². The quantitative estimate of drug-likeness (QED) is 0.456. The molecule has 2 aromatic rings. The highest BCUT2D eigenvalue weighted by molar-refractivity contribution is 6.13. The maximum absolute atomic E-state index is 14.3. The Hall–Kier alpha value is -3.20. The van der Waals surface area contributed by atoms with E-state index in [4.69, 9.17) is 16.6 Å². The Morgan fingerprint density at radius 2 is 2.03 bits per heavy atom. The molecule has 9 heteroatoms. The lowest BCUT2D eigenvalue weighted by Gasteiger charge is -2.15. The Kier molecular flexibility index (Phi) is 5.43. The van der Waals surface area contributed by atoms with E-state index in [1.165, 1.54) is 32.1 Å². The second-order valence-electron chi connectivity index (χ2n) is 7.29. The summed E-state index contributed by atoms with van der Waals surface area (Å²) in [6, 6.07) is 3.24. The van der Waals surface area contributed by atoms with Crippen LogP contribution in [0.2, 0.25) is 0 Å². The van der Waals surface area contributed by atoms with Crippen LogP contribution in [0.4, 0.5) is 8.78 Å². The van der Waals surface area contributed by atoms with Gasteiger partial charge in [-0.2, -0.15) is 0 Å². The van der Waals surface area contributed by atoms with Gasteiger partial charge in [-0.05, 0) is 44.6 Å². The topological polar surface area (TPSA) is 124 Å². The van der Waals surface area contributed by atoms with Gasteiger partial charge in [0.15, 0.2) is 0 Å². The fourth-order valence-electron chi connectivity index (χ4n) is 3.01. The van der Waals surface area contributed by atoms with Crippen LogP contribution in [0.5, 0.6) is 0 Å². The molecule has 1 aromatic heterocycles. The molecule has 0 atom stereocenters. The number of fused-ring (bicyclic) bond motifs is 1. The molecular formula is C20H22F2N6O. The van der Waals surface area contributed by atoms with Gasteiger partial charge >= 0.3 is 0 Å². The van der Waals surface area contributed by atoms with Crippen molar-refractivity contribution in [3.8, 4) is 11.3 Å². The van der Waals surface area contributed by atoms with Gasteiger partial charge < -0.3 is 15.4 Å². The normalized spacial score (nSPS) is 14.4. The van der Waals surface area contributed by atoms with Crippen LogP contribution in [-0.4, -0.2) is 37.6 Å². The lowest BCUT2D eigenvalue weighted by atomic mass is 10.1. The standard InChI is InChI=1S/C20H22F2N6O/c1-20(2,29)19(25)26-15(24)8-7-14(23)18-17(27-16-4-3-9-28(16)18)12-6-5-11(21)10-13(12)22/h5-8,10,23,29H,3-4,9H2,1-2H3,(H3,24,25,26)/b8-7-,23-14?. The summed E-state index contributed by atoms with van der Waals surface area (Å²) in [7, 11) is 0. The number of amidine groups is 2. The first-order chi connectivity index (χ1) is 13.6. The van der Waals surface area contributed by atoms with Crippen molar-refractivity contribution in [2.24, 2.45) is 10.7 Å². The van der Waals surface area contributed by atoms with E-state index in [1.807, 2.05) is 4.57 Å². The third-order valence-corrected chi connectivity index (χ3v) is 4.55. The summed E-state index contributed by atoms with van der Waals surface area (Å²) in [5.74, 6) is -1.08. The highest BCUT2D eigenvalue weighted by Crippen LogP contribution is 2.30. The Morgan fingerprint density at radius 1 is 1.31 bits per heavy atom. The van der Waals surface area contributed by atoms with Crippen molar-refractivity contribution in [3.05, 3.63) is 53.5 Å². The van der Waals surface area contributed by atoms with Crippen LogP contribution in [0.25, 0.3) is 11.3 Å². The number of aliphatic imine (C=N–C) groups is 1. The number of aryl methyl sites for hydroxylation is 1. The summed E-state index contributed by atoms with van der Waals surface area (Å²) in [5.41, 5.74) is 5.05. The Labute approximate surface area is 166 Å². The van der Waals surface area contributed by atoms with E-state index in [0.717, 1.165) is 24.4 Å². The van der Waals surface area contributed by atoms with Crippen molar-refractivity contribution in [3.63, 3.8) is 0 Å². The number of hydrogen-bond donors (Lipinski definition) is 4. The molecule has 1 aliphatic heterocycles. The molecule has 0 fully saturated rings. The van der Waals surface area contributed by atoms with E-state index in [9.17, 15) is 13.9 Å². The van der Waals surface area contributed by atoms with Gasteiger partial charge in [0.25, 0.3) is 0 Å². The molecule has 0 bridgehead atoms. The van der Waals surface area contributed by atoms with Crippen LogP contribution >= 0.6 is 0 Å². The predicted molar refractivity (Wildman–Crippen MR) is 108 cm³/mol. The molecule has 2 heterocycles. The van der Waals surface area contributed by atoms with Gasteiger partial charge in [-0.3, -0.25) is 10.8 Å². The Bertz CT molecular complexity index is 1050. The number of aliphatic hydroxyl groups is 1. The molecule has 0 aliphatic carbocycles. The minimum atomic E-state index is -1.37. The number of imidazole rings is 1. The van der Waals surface area contributed by atoms with E-state index in [2.05, 4.69) is 9.98 Å². The summed E-state index contributed by atoms with van der Waals surface area (Å²) in [6.45, 7) is 3.53. The largest absolute Gasteiger partial charge is 0.385 e. The first-order valence-electron chi connectivity index (χ1n) is 9.05. The third kappa shape index (κ3) is 4.29. The molecule has 29 heavy (non-hydrogen) atoms. The number of rotatable bonds is 5. The molecule has 0 saturated heterocycles. The second kappa shape index (κ2) is 7.67. The van der Waals surface area contributed by atoms with E-state index in [0.29, 0.717) is 18.7 Å². The van der Waals surface area contributed by atoms with Crippen LogP contribution < -0.4 is 5.73 Å². The summed E-state index contributed by atoms with van der Waals surface area (Å²) >= 11 is 0. The van der Waals surface area contributed by atoms with Crippen LogP contribution in [0.1, 0.15) is 31.8 Å². The van der Waals surface area contributed by atoms with Crippen LogP contribution in [-0.2, 0) is 13.0 Å². The molecular weight excluding hydrogens is 378 g/mol. The molecule has 1 aromatic carbocycles. The number of nitrogens with two attached hydrogens (primary N) is 1. The van der Waals surface area contributed by atoms with E-state index < -0.39 is 17.2 Å². The predicted octanol–water partition coefficient (Wildman–Crippen LogP) is 2.80. The lowest BCUT2D eigenvalue weighted by molar-refractivity contribution is 0.152. The molecule has 0 unspecified atom stereocenters. The number of allylic oxidation sites excluding steroid dienone is 1. The summed E-state index contributed by atoms with van der Waals surface area (Å²) in [6.07, 6.45) is 4.17. The average molecular weight is 400 g/mol. The van der Waals surface area contributed by atoms with Crippen molar-refractivity contribution in [2.75, 3.05) is 0 Å². The van der Waals surface area contributed by atoms with Crippen molar-refractivity contribution >= 4 is 17.4 Å². The van der Waals surface area contributed by atoms with Gasteiger partial charge in [0.2, 0.25) is 0 Å². The van der Waals surface area contributed by atoms with E-state index >= 15 is 0 Å². The summed E-state index contributed by atoms with van der Waals surface area (Å²) in [4.78, 5) is 8.27. The third-order valence-electron chi connectivity index (χ3n) is 4.55. The van der Waals surface area contributed by atoms with Crippen LogP contribution in [0, 0.1) is 22.5 Å². The highest BCUT2D eigenvalue weighted by Gasteiger charge is 2.25. The first-order valence-corrected chi connectivity index (χ1v) is 9.05. The average Bonchev–Trinajstić information content (AvgIpc) is 3.19. The maximum atomic E-state index is 14.3. The van der Waals surface area contributed by atoms with Gasteiger partial charge in [0.05, 0.1) is 11.4 Å². The van der Waals surface area contributed by atoms with Gasteiger partial charge in [-0.1, -0.05) is 0 Å². The van der Waals surface area contributed by atoms with Gasteiger partial charge in [0, 0.05) is 24.6 Å². The monoisotopic (exact) mass is 400 g/mol. The highest BCUT2D eigenvalue weighted by atomic mass is 19.1. The molecule has 0 saturated carbocycles. The summed E-state index contributed by atoms with van der Waals surface area (Å²) < 4.78 is 29.5. The zero-order valence-corrected chi connectivity index (χ0v) is 16.1. The SMILES string of the molecule is CC(C)(O)C(N)=NC(=N)/C=C\C(=N)c1c(-c2ccc(F)cc2F)nc2n1CCC2. The Balaban J connectivity index is 1.96. The zero-order valence-electron chi connectivity index (χ0n) is 16.1. The van der Waals surface area contributed by atoms with Crippen molar-refractivity contribution in [1.82, 2.24) is 9.55 Å².